The maximum atomic E-state index is 13.2. The van der Waals surface area contributed by atoms with Gasteiger partial charge in [-0.25, -0.2) is 4.39 Å². The van der Waals surface area contributed by atoms with Gasteiger partial charge in [0, 0.05) is 13.0 Å². The number of carbonyl (C=O) groups excluding carboxylic acids is 1. The molecule has 1 unspecified atom stereocenters. The molecule has 3 heteroatoms. The Bertz CT molecular complexity index is 447. The molecule has 1 aromatic rings. The van der Waals surface area contributed by atoms with Crippen molar-refractivity contribution >= 4 is 5.78 Å². The predicted molar refractivity (Wildman–Crippen MR) is 74.7 cm³/mol. The third kappa shape index (κ3) is 4.43. The minimum absolute atomic E-state index is 0.00282. The highest BCUT2D eigenvalue weighted by Crippen LogP contribution is 2.25. The van der Waals surface area contributed by atoms with Gasteiger partial charge in [-0.3, -0.25) is 4.79 Å². The summed E-state index contributed by atoms with van der Waals surface area (Å²) < 4.78 is 18.8. The van der Waals surface area contributed by atoms with Crippen LogP contribution in [-0.4, -0.2) is 18.5 Å². The monoisotopic (exact) mass is 266 g/mol. The number of carbonyl (C=O) groups is 1. The van der Waals surface area contributed by atoms with Crippen LogP contribution in [0, 0.1) is 18.2 Å². The van der Waals surface area contributed by atoms with E-state index in [0.29, 0.717) is 6.61 Å². The molecule has 1 atom stereocenters. The van der Waals surface area contributed by atoms with Crippen LogP contribution in [0.5, 0.6) is 0 Å². The van der Waals surface area contributed by atoms with E-state index < -0.39 is 6.10 Å². The van der Waals surface area contributed by atoms with Crippen LogP contribution < -0.4 is 0 Å². The van der Waals surface area contributed by atoms with Crippen molar-refractivity contribution in [1.82, 2.24) is 0 Å². The predicted octanol–water partition coefficient (Wildman–Crippen LogP) is 3.70. The Hall–Kier alpha value is -1.22. The van der Waals surface area contributed by atoms with E-state index in [4.69, 9.17) is 4.74 Å². The average molecular weight is 266 g/mol. The fourth-order valence-corrected chi connectivity index (χ4v) is 2.10. The van der Waals surface area contributed by atoms with Crippen LogP contribution in [0.25, 0.3) is 0 Å². The summed E-state index contributed by atoms with van der Waals surface area (Å²) in [6.45, 7) is 10.2. The van der Waals surface area contributed by atoms with Gasteiger partial charge in [0.1, 0.15) is 11.9 Å². The summed E-state index contributed by atoms with van der Waals surface area (Å²) in [4.78, 5) is 12.4. The van der Waals surface area contributed by atoms with Gasteiger partial charge in [0.15, 0.2) is 5.78 Å². The molecule has 19 heavy (non-hydrogen) atoms. The molecule has 0 saturated heterocycles. The van der Waals surface area contributed by atoms with Crippen molar-refractivity contribution in [3.05, 3.63) is 35.1 Å². The van der Waals surface area contributed by atoms with Crippen LogP contribution >= 0.6 is 0 Å². The average Bonchev–Trinajstić information content (AvgIpc) is 2.29. The normalized spacial score (nSPS) is 13.4. The Labute approximate surface area is 115 Å². The summed E-state index contributed by atoms with van der Waals surface area (Å²) in [5.41, 5.74) is 1.41. The molecule has 0 aliphatic heterocycles. The third-order valence-corrected chi connectivity index (χ3v) is 3.09. The Balaban J connectivity index is 2.90. The van der Waals surface area contributed by atoms with Gasteiger partial charge in [-0.1, -0.05) is 26.8 Å². The maximum Gasteiger partial charge on any atom is 0.166 e. The highest BCUT2D eigenvalue weighted by atomic mass is 19.1. The van der Waals surface area contributed by atoms with E-state index in [2.05, 4.69) is 0 Å². The number of hydrogen-bond donors (Lipinski definition) is 0. The number of rotatable bonds is 5. The van der Waals surface area contributed by atoms with E-state index in [-0.39, 0.29) is 23.4 Å². The van der Waals surface area contributed by atoms with Gasteiger partial charge in [-0.15, -0.1) is 0 Å². The zero-order valence-electron chi connectivity index (χ0n) is 12.4. The summed E-state index contributed by atoms with van der Waals surface area (Å²) >= 11 is 0. The van der Waals surface area contributed by atoms with Gasteiger partial charge >= 0.3 is 0 Å². The topological polar surface area (TPSA) is 26.3 Å². The standard InChI is InChI=1S/C16H23FO2/c1-6-19-15(16(3,4)5)14(18)10-12-9-13(17)8-7-11(12)2/h7-9,15H,6,10H2,1-5H3. The van der Waals surface area contributed by atoms with E-state index in [1.54, 1.807) is 6.07 Å². The van der Waals surface area contributed by atoms with Crippen molar-refractivity contribution in [3.8, 4) is 0 Å². The van der Waals surface area contributed by atoms with Crippen LogP contribution in [0.4, 0.5) is 4.39 Å². The van der Waals surface area contributed by atoms with Gasteiger partial charge < -0.3 is 4.74 Å². The first-order chi connectivity index (χ1) is 8.75. The SMILES string of the molecule is CCOC(C(=O)Cc1cc(F)ccc1C)C(C)(C)C. The van der Waals surface area contributed by atoms with Crippen LogP contribution in [0.3, 0.4) is 0 Å². The number of Topliss-reactive ketones (excluding diaryl/α,β-unsaturated/α-hetero) is 1. The van der Waals surface area contributed by atoms with Crippen LogP contribution in [-0.2, 0) is 16.0 Å². The fraction of sp³-hybridized carbons (Fsp3) is 0.562. The molecule has 0 bridgehead atoms. The third-order valence-electron chi connectivity index (χ3n) is 3.09. The molecule has 0 aliphatic carbocycles. The summed E-state index contributed by atoms with van der Waals surface area (Å²) in [5, 5.41) is 0. The lowest BCUT2D eigenvalue weighted by atomic mass is 9.84. The van der Waals surface area contributed by atoms with Gasteiger partial charge in [0.2, 0.25) is 0 Å². The van der Waals surface area contributed by atoms with E-state index in [0.717, 1.165) is 11.1 Å². The number of aryl methyl sites for hydroxylation is 1. The van der Waals surface area contributed by atoms with Crippen molar-refractivity contribution in [1.29, 1.82) is 0 Å². The second-order valence-electron chi connectivity index (χ2n) is 5.92. The molecular weight excluding hydrogens is 243 g/mol. The molecule has 0 heterocycles. The molecule has 0 aromatic heterocycles. The van der Waals surface area contributed by atoms with Crippen LogP contribution in [0.2, 0.25) is 0 Å². The van der Waals surface area contributed by atoms with E-state index in [1.807, 2.05) is 34.6 Å². The van der Waals surface area contributed by atoms with Crippen molar-refractivity contribution in [2.75, 3.05) is 6.61 Å². The number of hydrogen-bond acceptors (Lipinski definition) is 2. The molecule has 0 fully saturated rings. The summed E-state index contributed by atoms with van der Waals surface area (Å²) in [5.74, 6) is -0.305. The molecule has 106 valence electrons. The van der Waals surface area contributed by atoms with Crippen molar-refractivity contribution in [2.24, 2.45) is 5.41 Å². The van der Waals surface area contributed by atoms with Crippen molar-refractivity contribution < 1.29 is 13.9 Å². The second-order valence-corrected chi connectivity index (χ2v) is 5.92. The lowest BCUT2D eigenvalue weighted by molar-refractivity contribution is -0.136. The molecule has 2 nitrogen and oxygen atoms in total. The molecular formula is C16H23FO2. The summed E-state index contributed by atoms with van der Waals surface area (Å²) in [7, 11) is 0. The molecule has 0 spiro atoms. The van der Waals surface area contributed by atoms with E-state index >= 15 is 0 Å². The Morgan fingerprint density at radius 2 is 2.00 bits per heavy atom. The smallest absolute Gasteiger partial charge is 0.166 e. The highest BCUT2D eigenvalue weighted by molar-refractivity contribution is 5.86. The zero-order chi connectivity index (χ0) is 14.6. The Morgan fingerprint density at radius 3 is 2.53 bits per heavy atom. The molecule has 1 aromatic carbocycles. The second kappa shape index (κ2) is 6.29. The minimum Gasteiger partial charge on any atom is -0.370 e. The van der Waals surface area contributed by atoms with Crippen molar-refractivity contribution in [3.63, 3.8) is 0 Å². The Morgan fingerprint density at radius 1 is 1.37 bits per heavy atom. The van der Waals surface area contributed by atoms with Gasteiger partial charge in [0.25, 0.3) is 0 Å². The van der Waals surface area contributed by atoms with E-state index in [1.165, 1.54) is 12.1 Å². The Kier molecular flexibility index (Phi) is 5.24. The first-order valence-corrected chi connectivity index (χ1v) is 6.65. The minimum atomic E-state index is -0.458. The molecule has 0 aliphatic rings. The van der Waals surface area contributed by atoms with E-state index in [9.17, 15) is 9.18 Å². The van der Waals surface area contributed by atoms with Gasteiger partial charge in [0.05, 0.1) is 0 Å². The number of benzene rings is 1. The molecule has 0 amide bonds. The first kappa shape index (κ1) is 15.8. The van der Waals surface area contributed by atoms with Crippen LogP contribution in [0.15, 0.2) is 18.2 Å². The molecule has 1 rings (SSSR count). The first-order valence-electron chi connectivity index (χ1n) is 6.65. The lowest BCUT2D eigenvalue weighted by Crippen LogP contribution is -2.38. The summed E-state index contributed by atoms with van der Waals surface area (Å²) in [6, 6.07) is 4.54. The number of ether oxygens (including phenoxy) is 1. The molecule has 0 radical (unpaired) electrons. The zero-order valence-corrected chi connectivity index (χ0v) is 12.4. The lowest BCUT2D eigenvalue weighted by Gasteiger charge is -2.29. The van der Waals surface area contributed by atoms with Crippen LogP contribution in [0.1, 0.15) is 38.8 Å². The summed E-state index contributed by atoms with van der Waals surface area (Å²) in [6.07, 6.45) is -0.244. The molecule has 0 saturated carbocycles. The number of halogens is 1. The van der Waals surface area contributed by atoms with Gasteiger partial charge in [-0.2, -0.15) is 0 Å². The maximum absolute atomic E-state index is 13.2. The fourth-order valence-electron chi connectivity index (χ4n) is 2.10. The quantitative estimate of drug-likeness (QED) is 0.812. The van der Waals surface area contributed by atoms with Crippen molar-refractivity contribution in [2.45, 2.75) is 47.1 Å². The molecule has 0 N–H and O–H groups in total. The number of ketones is 1. The highest BCUT2D eigenvalue weighted by Gasteiger charge is 2.31. The van der Waals surface area contributed by atoms with Gasteiger partial charge in [-0.05, 0) is 42.5 Å². The largest absolute Gasteiger partial charge is 0.370 e.